The molecule has 0 spiro atoms. The molecule has 0 unspecified atom stereocenters. The van der Waals surface area contributed by atoms with E-state index in [1.54, 1.807) is 6.07 Å². The summed E-state index contributed by atoms with van der Waals surface area (Å²) in [4.78, 5) is 0. The lowest BCUT2D eigenvalue weighted by molar-refractivity contribution is -0.223. The average Bonchev–Trinajstić information content (AvgIpc) is 2.95. The highest BCUT2D eigenvalue weighted by Crippen LogP contribution is 2.44. The van der Waals surface area contributed by atoms with E-state index in [1.807, 2.05) is 19.1 Å². The zero-order valence-corrected chi connectivity index (χ0v) is 23.3. The van der Waals surface area contributed by atoms with E-state index in [0.717, 1.165) is 44.1 Å². The van der Waals surface area contributed by atoms with Crippen molar-refractivity contribution in [2.24, 2.45) is 23.7 Å². The Morgan fingerprint density at radius 1 is 0.756 bits per heavy atom. The molecule has 1 heterocycles. The fourth-order valence-corrected chi connectivity index (χ4v) is 6.67. The first-order chi connectivity index (χ1) is 19.6. The zero-order chi connectivity index (χ0) is 29.1. The van der Waals surface area contributed by atoms with Crippen LogP contribution in [0.1, 0.15) is 94.5 Å². The number of halogens is 6. The molecule has 226 valence electrons. The minimum Gasteiger partial charge on any atom is -0.432 e. The molecule has 0 radical (unpaired) electrons. The summed E-state index contributed by atoms with van der Waals surface area (Å²) in [6.45, 7) is 3.25. The van der Waals surface area contributed by atoms with Crippen LogP contribution in [0.5, 0.6) is 5.75 Å². The van der Waals surface area contributed by atoms with Crippen LogP contribution in [0, 0.1) is 46.9 Å². The third-order valence-corrected chi connectivity index (χ3v) is 9.16. The van der Waals surface area contributed by atoms with Crippen LogP contribution in [0.3, 0.4) is 0 Å². The summed E-state index contributed by atoms with van der Waals surface area (Å²) in [6, 6.07) is 6.21. The van der Waals surface area contributed by atoms with Gasteiger partial charge in [0.15, 0.2) is 23.7 Å². The smallest absolute Gasteiger partial charge is 0.400 e. The van der Waals surface area contributed by atoms with E-state index in [4.69, 9.17) is 9.47 Å². The van der Waals surface area contributed by atoms with Gasteiger partial charge in [-0.05, 0) is 80.8 Å². The van der Waals surface area contributed by atoms with Gasteiger partial charge in [0, 0.05) is 23.6 Å². The SMILES string of the molecule is CC1COC(c2ccc(C3CCC(CCC4CCC(C(F)(F)Oc5cc(F)c(F)c(F)c5)CC4)CC3)c(F)c2)OC1. The molecule has 0 atom stereocenters. The number of ether oxygens (including phenoxy) is 3. The maximum Gasteiger partial charge on any atom is 0.400 e. The zero-order valence-electron chi connectivity index (χ0n) is 23.3. The summed E-state index contributed by atoms with van der Waals surface area (Å²) >= 11 is 0. The number of alkyl halides is 2. The predicted molar refractivity (Wildman–Crippen MR) is 141 cm³/mol. The topological polar surface area (TPSA) is 27.7 Å². The van der Waals surface area contributed by atoms with Crippen molar-refractivity contribution in [3.8, 4) is 5.75 Å². The van der Waals surface area contributed by atoms with Crippen LogP contribution in [0.4, 0.5) is 26.3 Å². The Morgan fingerprint density at radius 2 is 1.32 bits per heavy atom. The number of rotatable bonds is 8. The Hall–Kier alpha value is -2.26. The van der Waals surface area contributed by atoms with Crippen molar-refractivity contribution in [3.05, 3.63) is 64.7 Å². The Morgan fingerprint density at radius 3 is 1.88 bits per heavy atom. The molecule has 2 aromatic carbocycles. The van der Waals surface area contributed by atoms with Gasteiger partial charge in [-0.3, -0.25) is 0 Å². The van der Waals surface area contributed by atoms with Crippen LogP contribution in [0.25, 0.3) is 0 Å². The van der Waals surface area contributed by atoms with Gasteiger partial charge in [0.1, 0.15) is 11.6 Å². The summed E-state index contributed by atoms with van der Waals surface area (Å²) in [6.07, 6.45) is 3.55. The fourth-order valence-electron chi connectivity index (χ4n) is 6.67. The normalized spacial score (nSPS) is 29.3. The molecule has 3 nitrogen and oxygen atoms in total. The van der Waals surface area contributed by atoms with E-state index in [0.29, 0.717) is 61.5 Å². The molecule has 0 N–H and O–H groups in total. The number of hydrogen-bond acceptors (Lipinski definition) is 3. The molecular formula is C32H38F6O3. The van der Waals surface area contributed by atoms with Crippen molar-refractivity contribution in [1.29, 1.82) is 0 Å². The summed E-state index contributed by atoms with van der Waals surface area (Å²) < 4.78 is 100. The van der Waals surface area contributed by atoms with Crippen molar-refractivity contribution in [2.75, 3.05) is 13.2 Å². The molecule has 2 aliphatic carbocycles. The lowest BCUT2D eigenvalue weighted by atomic mass is 9.74. The second-order valence-electron chi connectivity index (χ2n) is 12.3. The van der Waals surface area contributed by atoms with Crippen molar-refractivity contribution >= 4 is 0 Å². The molecule has 0 bridgehead atoms. The molecule has 5 rings (SSSR count). The largest absolute Gasteiger partial charge is 0.432 e. The highest BCUT2D eigenvalue weighted by molar-refractivity contribution is 5.29. The number of hydrogen-bond donors (Lipinski definition) is 0. The molecule has 2 aromatic rings. The maximum absolute atomic E-state index is 15.0. The third kappa shape index (κ3) is 7.39. The van der Waals surface area contributed by atoms with Gasteiger partial charge in [-0.15, -0.1) is 0 Å². The van der Waals surface area contributed by atoms with E-state index in [9.17, 15) is 22.0 Å². The van der Waals surface area contributed by atoms with E-state index in [-0.39, 0.29) is 24.6 Å². The van der Waals surface area contributed by atoms with Crippen molar-refractivity contribution < 1.29 is 40.6 Å². The summed E-state index contributed by atoms with van der Waals surface area (Å²) in [5.74, 6) is -5.42. The average molecular weight is 585 g/mol. The van der Waals surface area contributed by atoms with Gasteiger partial charge in [0.05, 0.1) is 19.1 Å². The second kappa shape index (κ2) is 12.9. The van der Waals surface area contributed by atoms with Crippen LogP contribution in [-0.2, 0) is 9.47 Å². The molecule has 41 heavy (non-hydrogen) atoms. The lowest BCUT2D eigenvalue weighted by Crippen LogP contribution is -2.37. The molecular weight excluding hydrogens is 546 g/mol. The molecule has 0 amide bonds. The van der Waals surface area contributed by atoms with E-state index in [2.05, 4.69) is 4.74 Å². The Kier molecular flexibility index (Phi) is 9.53. The van der Waals surface area contributed by atoms with Gasteiger partial charge >= 0.3 is 6.11 Å². The first-order valence-electron chi connectivity index (χ1n) is 14.8. The van der Waals surface area contributed by atoms with Crippen LogP contribution in [0.15, 0.2) is 30.3 Å². The van der Waals surface area contributed by atoms with E-state index in [1.165, 1.54) is 0 Å². The van der Waals surface area contributed by atoms with Gasteiger partial charge in [0.2, 0.25) is 0 Å². The quantitative estimate of drug-likeness (QED) is 0.229. The monoisotopic (exact) mass is 584 g/mol. The minimum atomic E-state index is -3.59. The molecule has 3 fully saturated rings. The van der Waals surface area contributed by atoms with Gasteiger partial charge < -0.3 is 14.2 Å². The van der Waals surface area contributed by atoms with Crippen molar-refractivity contribution in [3.63, 3.8) is 0 Å². The summed E-state index contributed by atoms with van der Waals surface area (Å²) in [5, 5.41) is 0. The molecule has 0 aromatic heterocycles. The minimum absolute atomic E-state index is 0.189. The van der Waals surface area contributed by atoms with Gasteiger partial charge in [-0.25, -0.2) is 17.6 Å². The van der Waals surface area contributed by atoms with E-state index < -0.39 is 41.5 Å². The highest BCUT2D eigenvalue weighted by atomic mass is 19.3. The van der Waals surface area contributed by atoms with Crippen molar-refractivity contribution in [2.45, 2.75) is 89.4 Å². The van der Waals surface area contributed by atoms with Gasteiger partial charge in [-0.1, -0.05) is 31.9 Å². The summed E-state index contributed by atoms with van der Waals surface area (Å²) in [7, 11) is 0. The Bertz CT molecular complexity index is 1140. The van der Waals surface area contributed by atoms with Gasteiger partial charge in [-0.2, -0.15) is 8.78 Å². The maximum atomic E-state index is 15.0. The van der Waals surface area contributed by atoms with Crippen LogP contribution in [-0.4, -0.2) is 19.3 Å². The molecule has 2 saturated carbocycles. The molecule has 9 heteroatoms. The van der Waals surface area contributed by atoms with Crippen molar-refractivity contribution in [1.82, 2.24) is 0 Å². The van der Waals surface area contributed by atoms with Crippen LogP contribution < -0.4 is 4.74 Å². The standard InChI is InChI=1S/C32H38F6O3/c1-19-17-39-31(40-18-19)23-10-13-26(27(33)14-23)22-8-4-20(5-9-22)2-3-21-6-11-24(12-7-21)32(37,38)41-25-15-28(34)30(36)29(35)16-25/h10,13-16,19-22,24,31H,2-9,11-12,17-18H2,1H3. The molecule has 3 aliphatic rings. The lowest BCUT2D eigenvalue weighted by Gasteiger charge is -2.34. The Labute approximate surface area is 237 Å². The van der Waals surface area contributed by atoms with E-state index >= 15 is 4.39 Å². The fraction of sp³-hybridized carbons (Fsp3) is 0.625. The molecule has 1 saturated heterocycles. The predicted octanol–water partition coefficient (Wildman–Crippen LogP) is 9.46. The van der Waals surface area contributed by atoms with Crippen LogP contribution in [0.2, 0.25) is 0 Å². The van der Waals surface area contributed by atoms with Gasteiger partial charge in [0.25, 0.3) is 0 Å². The molecule has 1 aliphatic heterocycles. The Balaban J connectivity index is 1.04. The first kappa shape index (κ1) is 30.2. The second-order valence-corrected chi connectivity index (χ2v) is 12.3. The summed E-state index contributed by atoms with van der Waals surface area (Å²) in [5.41, 5.74) is 1.47. The first-order valence-corrected chi connectivity index (χ1v) is 14.8. The van der Waals surface area contributed by atoms with Crippen LogP contribution >= 0.6 is 0 Å². The highest BCUT2D eigenvalue weighted by Gasteiger charge is 2.44. The third-order valence-electron chi connectivity index (χ3n) is 9.16. The number of benzene rings is 2.